The summed E-state index contributed by atoms with van der Waals surface area (Å²) in [5.41, 5.74) is 3.78. The number of benzene rings is 1. The second-order valence-corrected chi connectivity index (χ2v) is 8.91. The molecule has 4 aromatic rings. The molecule has 0 aliphatic carbocycles. The number of hydrogen-bond acceptors (Lipinski definition) is 8. The Balaban J connectivity index is 1.47. The summed E-state index contributed by atoms with van der Waals surface area (Å²) in [4.78, 5) is 24.4. The SMILES string of the molecule is COc1nc(NC(=O)c2ccc(N3CC(C)NC(C)C3)c3csnc23)cn2cc(C)nc12. The summed E-state index contributed by atoms with van der Waals surface area (Å²) >= 11 is 1.36. The lowest BCUT2D eigenvalue weighted by Gasteiger charge is -2.38. The first kappa shape index (κ1) is 20.7. The van der Waals surface area contributed by atoms with Crippen molar-refractivity contribution < 1.29 is 9.53 Å². The van der Waals surface area contributed by atoms with Gasteiger partial charge in [0.15, 0.2) is 5.82 Å². The number of ether oxygens (including phenoxy) is 1. The zero-order valence-corrected chi connectivity index (χ0v) is 19.2. The Morgan fingerprint density at radius 3 is 2.75 bits per heavy atom. The highest BCUT2D eigenvalue weighted by Gasteiger charge is 2.24. The molecule has 2 atom stereocenters. The molecule has 2 N–H and O–H groups in total. The van der Waals surface area contributed by atoms with Crippen molar-refractivity contribution in [1.29, 1.82) is 0 Å². The van der Waals surface area contributed by atoms with Crippen molar-refractivity contribution >= 4 is 45.5 Å². The molecule has 5 rings (SSSR count). The standard InChI is InChI=1S/C22H25N7O2S/c1-12-7-28(8-13(2)23-12)17-6-5-15(19-16(17)11-32-27-19)21(30)25-18-10-29-9-14(3)24-20(29)22(26-18)31-4/h5-6,9-13,23H,7-8H2,1-4H3,(H,25,30). The number of anilines is 2. The Kier molecular flexibility index (Phi) is 5.18. The van der Waals surface area contributed by atoms with Crippen LogP contribution in [0, 0.1) is 6.92 Å². The predicted molar refractivity (Wildman–Crippen MR) is 126 cm³/mol. The van der Waals surface area contributed by atoms with E-state index in [1.807, 2.05) is 30.6 Å². The fourth-order valence-electron chi connectivity index (χ4n) is 4.40. The van der Waals surface area contributed by atoms with Crippen LogP contribution in [-0.2, 0) is 0 Å². The molecule has 0 radical (unpaired) electrons. The van der Waals surface area contributed by atoms with Crippen molar-refractivity contribution in [2.45, 2.75) is 32.9 Å². The van der Waals surface area contributed by atoms with Crippen LogP contribution in [0.4, 0.5) is 11.5 Å². The molecular formula is C22H25N7O2S. The summed E-state index contributed by atoms with van der Waals surface area (Å²) in [7, 11) is 1.54. The van der Waals surface area contributed by atoms with Gasteiger partial charge in [-0.15, -0.1) is 0 Å². The second kappa shape index (κ2) is 8.03. The fourth-order valence-corrected chi connectivity index (χ4v) is 5.09. The maximum atomic E-state index is 13.2. The van der Waals surface area contributed by atoms with E-state index in [2.05, 4.69) is 43.7 Å². The first-order valence-electron chi connectivity index (χ1n) is 10.5. The molecule has 166 valence electrons. The van der Waals surface area contributed by atoms with E-state index in [1.54, 1.807) is 10.6 Å². The Bertz CT molecular complexity index is 1300. The second-order valence-electron chi connectivity index (χ2n) is 8.29. The van der Waals surface area contributed by atoms with Gasteiger partial charge in [0.25, 0.3) is 11.8 Å². The van der Waals surface area contributed by atoms with Gasteiger partial charge in [-0.25, -0.2) is 4.98 Å². The molecule has 0 bridgehead atoms. The zero-order chi connectivity index (χ0) is 22.4. The minimum Gasteiger partial charge on any atom is -0.478 e. The molecule has 1 aliphatic heterocycles. The summed E-state index contributed by atoms with van der Waals surface area (Å²) in [6, 6.07) is 4.66. The van der Waals surface area contributed by atoms with Gasteiger partial charge in [-0.1, -0.05) is 0 Å². The van der Waals surface area contributed by atoms with Gasteiger partial charge in [-0.2, -0.15) is 9.36 Å². The highest BCUT2D eigenvalue weighted by atomic mass is 32.1. The van der Waals surface area contributed by atoms with Crippen LogP contribution in [0.25, 0.3) is 16.6 Å². The van der Waals surface area contributed by atoms with Gasteiger partial charge in [0.05, 0.1) is 30.1 Å². The molecule has 2 unspecified atom stereocenters. The van der Waals surface area contributed by atoms with Gasteiger partial charge in [-0.3, -0.25) is 9.20 Å². The van der Waals surface area contributed by atoms with Crippen LogP contribution in [0.3, 0.4) is 0 Å². The van der Waals surface area contributed by atoms with Crippen LogP contribution in [0.1, 0.15) is 29.9 Å². The number of rotatable bonds is 4. The van der Waals surface area contributed by atoms with Gasteiger partial charge in [0.1, 0.15) is 0 Å². The Morgan fingerprint density at radius 2 is 2.00 bits per heavy atom. The third kappa shape index (κ3) is 3.65. The smallest absolute Gasteiger partial charge is 0.260 e. The van der Waals surface area contributed by atoms with Gasteiger partial charge in [0, 0.05) is 47.8 Å². The first-order chi connectivity index (χ1) is 15.4. The number of imidazole rings is 1. The molecule has 1 aromatic carbocycles. The number of carbonyl (C=O) groups is 1. The minimum atomic E-state index is -0.264. The Labute approximate surface area is 189 Å². The van der Waals surface area contributed by atoms with Gasteiger partial charge in [-0.05, 0) is 44.4 Å². The van der Waals surface area contributed by atoms with E-state index in [4.69, 9.17) is 4.74 Å². The number of nitrogens with zero attached hydrogens (tertiary/aromatic N) is 5. The molecule has 0 saturated carbocycles. The average Bonchev–Trinajstić information content (AvgIpc) is 3.37. The number of aromatic nitrogens is 4. The summed E-state index contributed by atoms with van der Waals surface area (Å²) < 4.78 is 11.7. The monoisotopic (exact) mass is 451 g/mol. The van der Waals surface area contributed by atoms with Crippen molar-refractivity contribution in [3.05, 3.63) is 41.2 Å². The normalized spacial score (nSPS) is 18.9. The van der Waals surface area contributed by atoms with Crippen molar-refractivity contribution in [3.63, 3.8) is 0 Å². The fraction of sp³-hybridized carbons (Fsp3) is 0.364. The number of piperazine rings is 1. The molecule has 10 heteroatoms. The topological polar surface area (TPSA) is 96.7 Å². The molecule has 32 heavy (non-hydrogen) atoms. The van der Waals surface area contributed by atoms with Gasteiger partial charge in [0.2, 0.25) is 5.65 Å². The maximum Gasteiger partial charge on any atom is 0.260 e. The number of fused-ring (bicyclic) bond motifs is 2. The van der Waals surface area contributed by atoms with E-state index in [-0.39, 0.29) is 5.91 Å². The molecule has 1 saturated heterocycles. The maximum absolute atomic E-state index is 13.2. The van der Waals surface area contributed by atoms with Crippen LogP contribution in [0.2, 0.25) is 0 Å². The number of hydrogen-bond donors (Lipinski definition) is 2. The molecule has 1 fully saturated rings. The number of nitrogens with one attached hydrogen (secondary N) is 2. The highest BCUT2D eigenvalue weighted by molar-refractivity contribution is 7.05. The number of carbonyl (C=O) groups excluding carboxylic acids is 1. The lowest BCUT2D eigenvalue weighted by molar-refractivity contribution is 0.102. The molecule has 0 spiro atoms. The van der Waals surface area contributed by atoms with E-state index in [1.165, 1.54) is 18.6 Å². The van der Waals surface area contributed by atoms with Crippen molar-refractivity contribution in [3.8, 4) is 5.88 Å². The summed E-state index contributed by atoms with van der Waals surface area (Å²) in [6.07, 6.45) is 3.59. The highest BCUT2D eigenvalue weighted by Crippen LogP contribution is 2.32. The van der Waals surface area contributed by atoms with Crippen molar-refractivity contribution in [2.75, 3.05) is 30.4 Å². The molecule has 1 aliphatic rings. The van der Waals surface area contributed by atoms with E-state index >= 15 is 0 Å². The Hall–Kier alpha value is -3.24. The Morgan fingerprint density at radius 1 is 1.22 bits per heavy atom. The predicted octanol–water partition coefficient (Wildman–Crippen LogP) is 3.09. The van der Waals surface area contributed by atoms with Crippen LogP contribution in [-0.4, -0.2) is 56.9 Å². The summed E-state index contributed by atoms with van der Waals surface area (Å²) in [5.74, 6) is 0.473. The minimum absolute atomic E-state index is 0.264. The van der Waals surface area contributed by atoms with E-state index in [0.29, 0.717) is 40.5 Å². The van der Waals surface area contributed by atoms with Gasteiger partial charge < -0.3 is 20.3 Å². The van der Waals surface area contributed by atoms with E-state index in [0.717, 1.165) is 29.9 Å². The largest absolute Gasteiger partial charge is 0.478 e. The van der Waals surface area contributed by atoms with Crippen LogP contribution >= 0.6 is 11.5 Å². The number of amides is 1. The van der Waals surface area contributed by atoms with Crippen molar-refractivity contribution in [1.82, 2.24) is 24.1 Å². The molecule has 9 nitrogen and oxygen atoms in total. The number of aryl methyl sites for hydroxylation is 1. The zero-order valence-electron chi connectivity index (χ0n) is 18.4. The van der Waals surface area contributed by atoms with E-state index < -0.39 is 0 Å². The van der Waals surface area contributed by atoms with Gasteiger partial charge >= 0.3 is 0 Å². The van der Waals surface area contributed by atoms with E-state index in [9.17, 15) is 4.79 Å². The quantitative estimate of drug-likeness (QED) is 0.492. The van der Waals surface area contributed by atoms with Crippen LogP contribution in [0.15, 0.2) is 29.9 Å². The third-order valence-corrected chi connectivity index (χ3v) is 6.24. The van der Waals surface area contributed by atoms with Crippen LogP contribution in [0.5, 0.6) is 5.88 Å². The molecular weight excluding hydrogens is 426 g/mol. The average molecular weight is 452 g/mol. The first-order valence-corrected chi connectivity index (χ1v) is 11.4. The molecule has 1 amide bonds. The van der Waals surface area contributed by atoms with Crippen molar-refractivity contribution in [2.24, 2.45) is 0 Å². The van der Waals surface area contributed by atoms with Crippen LogP contribution < -0.4 is 20.3 Å². The lowest BCUT2D eigenvalue weighted by atomic mass is 10.1. The lowest BCUT2D eigenvalue weighted by Crippen LogP contribution is -2.54. The summed E-state index contributed by atoms with van der Waals surface area (Å²) in [5, 5.41) is 9.46. The number of methoxy groups -OCH3 is 1. The molecule has 4 heterocycles. The third-order valence-electron chi connectivity index (χ3n) is 5.61. The summed E-state index contributed by atoms with van der Waals surface area (Å²) in [6.45, 7) is 8.09. The molecule has 3 aromatic heterocycles.